The van der Waals surface area contributed by atoms with Crippen molar-refractivity contribution >= 4 is 11.6 Å². The van der Waals surface area contributed by atoms with Crippen LogP contribution in [-0.2, 0) is 0 Å². The predicted molar refractivity (Wildman–Crippen MR) is 65.1 cm³/mol. The van der Waals surface area contributed by atoms with Crippen LogP contribution >= 0.6 is 11.6 Å². The molecule has 1 atom stereocenters. The quantitative estimate of drug-likeness (QED) is 0.832. The molecule has 0 spiro atoms. The minimum atomic E-state index is 0.340. The lowest BCUT2D eigenvalue weighted by molar-refractivity contribution is 0.431. The van der Waals surface area contributed by atoms with Gasteiger partial charge in [0, 0.05) is 12.2 Å². The molecule has 15 heavy (non-hydrogen) atoms. The van der Waals surface area contributed by atoms with Crippen molar-refractivity contribution in [3.05, 3.63) is 29.0 Å². The fourth-order valence-electron chi connectivity index (χ4n) is 1.62. The van der Waals surface area contributed by atoms with E-state index in [-0.39, 0.29) is 0 Å². The number of halogens is 1. The SMILES string of the molecule is CCNC(CC(C)C)c1ccc(Cl)cn1. The van der Waals surface area contributed by atoms with E-state index in [1.807, 2.05) is 12.1 Å². The van der Waals surface area contributed by atoms with Gasteiger partial charge in [0.1, 0.15) is 0 Å². The van der Waals surface area contributed by atoms with E-state index in [9.17, 15) is 0 Å². The highest BCUT2D eigenvalue weighted by atomic mass is 35.5. The van der Waals surface area contributed by atoms with E-state index in [1.165, 1.54) is 0 Å². The molecule has 1 aromatic rings. The fourth-order valence-corrected chi connectivity index (χ4v) is 1.73. The monoisotopic (exact) mass is 226 g/mol. The number of aromatic nitrogens is 1. The standard InChI is InChI=1S/C12H19ClN2/c1-4-14-12(7-9(2)3)11-6-5-10(13)8-15-11/h5-6,8-9,12,14H,4,7H2,1-3H3. The van der Waals surface area contributed by atoms with E-state index in [1.54, 1.807) is 6.20 Å². The second-order valence-corrected chi connectivity index (χ2v) is 4.58. The molecule has 1 unspecified atom stereocenters. The second kappa shape index (κ2) is 6.09. The van der Waals surface area contributed by atoms with Crippen molar-refractivity contribution in [2.24, 2.45) is 5.92 Å². The molecule has 0 aliphatic rings. The van der Waals surface area contributed by atoms with Crippen molar-refractivity contribution in [3.8, 4) is 0 Å². The normalized spacial score (nSPS) is 13.1. The van der Waals surface area contributed by atoms with Crippen LogP contribution in [0.2, 0.25) is 5.02 Å². The van der Waals surface area contributed by atoms with Crippen molar-refractivity contribution in [1.82, 2.24) is 10.3 Å². The van der Waals surface area contributed by atoms with Gasteiger partial charge in [-0.2, -0.15) is 0 Å². The zero-order chi connectivity index (χ0) is 11.3. The lowest BCUT2D eigenvalue weighted by Gasteiger charge is -2.19. The Kier molecular flexibility index (Phi) is 5.06. The first-order valence-corrected chi connectivity index (χ1v) is 5.86. The molecular formula is C12H19ClN2. The van der Waals surface area contributed by atoms with E-state index >= 15 is 0 Å². The van der Waals surface area contributed by atoms with Gasteiger partial charge in [0.05, 0.1) is 10.7 Å². The third-order valence-electron chi connectivity index (χ3n) is 2.26. The van der Waals surface area contributed by atoms with E-state index in [2.05, 4.69) is 31.1 Å². The molecule has 0 fully saturated rings. The maximum absolute atomic E-state index is 5.82. The molecule has 0 aromatic carbocycles. The molecule has 3 heteroatoms. The third-order valence-corrected chi connectivity index (χ3v) is 2.49. The molecule has 0 saturated heterocycles. The second-order valence-electron chi connectivity index (χ2n) is 4.14. The van der Waals surface area contributed by atoms with Gasteiger partial charge in [0.2, 0.25) is 0 Å². The van der Waals surface area contributed by atoms with E-state index < -0.39 is 0 Å². The topological polar surface area (TPSA) is 24.9 Å². The average molecular weight is 227 g/mol. The molecule has 0 aliphatic carbocycles. The summed E-state index contributed by atoms with van der Waals surface area (Å²) in [6.07, 6.45) is 2.81. The first-order valence-electron chi connectivity index (χ1n) is 5.48. The molecule has 0 saturated carbocycles. The average Bonchev–Trinajstić information content (AvgIpc) is 2.17. The molecule has 0 radical (unpaired) electrons. The van der Waals surface area contributed by atoms with Crippen LogP contribution in [0, 0.1) is 5.92 Å². The summed E-state index contributed by atoms with van der Waals surface area (Å²) >= 11 is 5.82. The van der Waals surface area contributed by atoms with Crippen molar-refractivity contribution in [2.75, 3.05) is 6.54 Å². The first kappa shape index (κ1) is 12.5. The highest BCUT2D eigenvalue weighted by Crippen LogP contribution is 2.20. The Hall–Kier alpha value is -0.600. The maximum Gasteiger partial charge on any atom is 0.0589 e. The van der Waals surface area contributed by atoms with Gasteiger partial charge in [-0.3, -0.25) is 4.98 Å². The van der Waals surface area contributed by atoms with Crippen LogP contribution in [0.5, 0.6) is 0 Å². The van der Waals surface area contributed by atoms with E-state index in [0.717, 1.165) is 18.7 Å². The lowest BCUT2D eigenvalue weighted by atomic mass is 10.0. The molecule has 2 nitrogen and oxygen atoms in total. The summed E-state index contributed by atoms with van der Waals surface area (Å²) in [5, 5.41) is 4.14. The largest absolute Gasteiger partial charge is 0.309 e. The number of hydrogen-bond acceptors (Lipinski definition) is 2. The van der Waals surface area contributed by atoms with Crippen LogP contribution < -0.4 is 5.32 Å². The van der Waals surface area contributed by atoms with E-state index in [0.29, 0.717) is 17.0 Å². The summed E-state index contributed by atoms with van der Waals surface area (Å²) in [7, 11) is 0. The Morgan fingerprint density at radius 1 is 1.40 bits per heavy atom. The molecule has 1 N–H and O–H groups in total. The van der Waals surface area contributed by atoms with Gasteiger partial charge >= 0.3 is 0 Å². The number of hydrogen-bond donors (Lipinski definition) is 1. The molecule has 1 rings (SSSR count). The summed E-state index contributed by atoms with van der Waals surface area (Å²) in [4.78, 5) is 4.36. The highest BCUT2D eigenvalue weighted by Gasteiger charge is 2.12. The number of nitrogens with one attached hydrogen (secondary N) is 1. The van der Waals surface area contributed by atoms with Gasteiger partial charge in [-0.05, 0) is 31.0 Å². The lowest BCUT2D eigenvalue weighted by Crippen LogP contribution is -2.23. The molecule has 1 heterocycles. The zero-order valence-electron chi connectivity index (χ0n) is 9.63. The van der Waals surface area contributed by atoms with Crippen molar-refractivity contribution in [3.63, 3.8) is 0 Å². The highest BCUT2D eigenvalue weighted by molar-refractivity contribution is 6.30. The molecule has 84 valence electrons. The van der Waals surface area contributed by atoms with Crippen molar-refractivity contribution < 1.29 is 0 Å². The third kappa shape index (κ3) is 4.18. The molecule has 0 aliphatic heterocycles. The Morgan fingerprint density at radius 2 is 2.13 bits per heavy atom. The van der Waals surface area contributed by atoms with Gasteiger partial charge in [0.15, 0.2) is 0 Å². The molecule has 1 aromatic heterocycles. The minimum Gasteiger partial charge on any atom is -0.309 e. The van der Waals surface area contributed by atoms with Crippen LogP contribution in [0.1, 0.15) is 38.9 Å². The van der Waals surface area contributed by atoms with Crippen molar-refractivity contribution in [2.45, 2.75) is 33.2 Å². The summed E-state index contributed by atoms with van der Waals surface area (Å²) in [5.74, 6) is 0.659. The number of rotatable bonds is 5. The molecular weight excluding hydrogens is 208 g/mol. The Morgan fingerprint density at radius 3 is 2.60 bits per heavy atom. The van der Waals surface area contributed by atoms with Crippen LogP contribution in [0.4, 0.5) is 0 Å². The maximum atomic E-state index is 5.82. The van der Waals surface area contributed by atoms with Gasteiger partial charge in [-0.15, -0.1) is 0 Å². The van der Waals surface area contributed by atoms with Crippen LogP contribution in [0.15, 0.2) is 18.3 Å². The zero-order valence-corrected chi connectivity index (χ0v) is 10.4. The molecule has 0 amide bonds. The summed E-state index contributed by atoms with van der Waals surface area (Å²) in [6, 6.07) is 4.24. The Balaban J connectivity index is 2.74. The van der Waals surface area contributed by atoms with Crippen LogP contribution in [0.25, 0.3) is 0 Å². The molecule has 0 bridgehead atoms. The predicted octanol–water partition coefficient (Wildman–Crippen LogP) is 3.43. The van der Waals surface area contributed by atoms with Gasteiger partial charge < -0.3 is 5.32 Å². The van der Waals surface area contributed by atoms with E-state index in [4.69, 9.17) is 11.6 Å². The smallest absolute Gasteiger partial charge is 0.0589 e. The summed E-state index contributed by atoms with van der Waals surface area (Å²) in [6.45, 7) is 7.52. The van der Waals surface area contributed by atoms with Crippen molar-refractivity contribution in [1.29, 1.82) is 0 Å². The van der Waals surface area contributed by atoms with Gasteiger partial charge in [0.25, 0.3) is 0 Å². The number of pyridine rings is 1. The van der Waals surface area contributed by atoms with Crippen LogP contribution in [-0.4, -0.2) is 11.5 Å². The Bertz CT molecular complexity index is 282. The van der Waals surface area contributed by atoms with Gasteiger partial charge in [-0.1, -0.05) is 32.4 Å². The summed E-state index contributed by atoms with van der Waals surface area (Å²) < 4.78 is 0. The fraction of sp³-hybridized carbons (Fsp3) is 0.583. The Labute approximate surface area is 97.1 Å². The number of nitrogens with zero attached hydrogens (tertiary/aromatic N) is 1. The van der Waals surface area contributed by atoms with Gasteiger partial charge in [-0.25, -0.2) is 0 Å². The minimum absolute atomic E-state index is 0.340. The summed E-state index contributed by atoms with van der Waals surface area (Å²) in [5.41, 5.74) is 1.08. The first-order chi connectivity index (χ1) is 7.13. The van der Waals surface area contributed by atoms with Crippen LogP contribution in [0.3, 0.4) is 0 Å².